The molecule has 106 valence electrons. The topological polar surface area (TPSA) is 58.6 Å². The van der Waals surface area contributed by atoms with Crippen molar-refractivity contribution < 1.29 is 14.6 Å². The minimum atomic E-state index is -0.838. The fourth-order valence-corrected chi connectivity index (χ4v) is 2.06. The Morgan fingerprint density at radius 2 is 2.16 bits per heavy atom. The molecular formula is C14H20ClNO3. The number of hydrogen-bond donors (Lipinski definition) is 2. The lowest BCUT2D eigenvalue weighted by molar-refractivity contribution is -0.140. The average Bonchev–Trinajstić information content (AvgIpc) is 2.34. The quantitative estimate of drug-likeness (QED) is 0.809. The average molecular weight is 286 g/mol. The minimum Gasteiger partial charge on any atom is -0.496 e. The molecule has 0 saturated heterocycles. The molecule has 4 nitrogen and oxygen atoms in total. The van der Waals surface area contributed by atoms with E-state index < -0.39 is 12.0 Å². The molecular weight excluding hydrogens is 266 g/mol. The minimum absolute atomic E-state index is 0.315. The number of rotatable bonds is 7. The van der Waals surface area contributed by atoms with Gasteiger partial charge in [0.15, 0.2) is 0 Å². The summed E-state index contributed by atoms with van der Waals surface area (Å²) in [5.74, 6) is 0.176. The summed E-state index contributed by atoms with van der Waals surface area (Å²) in [6.45, 7) is 4.41. The number of hydrogen-bond acceptors (Lipinski definition) is 3. The van der Waals surface area contributed by atoms with Gasteiger partial charge < -0.3 is 15.2 Å². The summed E-state index contributed by atoms with van der Waals surface area (Å²) < 4.78 is 5.23. The normalized spacial score (nSPS) is 12.5. The first-order chi connectivity index (χ1) is 8.93. The largest absolute Gasteiger partial charge is 0.496 e. The van der Waals surface area contributed by atoms with Gasteiger partial charge in [0, 0.05) is 17.1 Å². The van der Waals surface area contributed by atoms with Crippen molar-refractivity contribution in [2.75, 3.05) is 7.11 Å². The number of carbonyl (C=O) groups is 1. The first-order valence-electron chi connectivity index (χ1n) is 6.22. The van der Waals surface area contributed by atoms with Crippen LogP contribution in [0.2, 0.25) is 5.02 Å². The molecule has 2 N–H and O–H groups in total. The van der Waals surface area contributed by atoms with Crippen LogP contribution < -0.4 is 10.1 Å². The fourth-order valence-electron chi connectivity index (χ4n) is 1.86. The Morgan fingerprint density at radius 3 is 2.68 bits per heavy atom. The lowest BCUT2D eigenvalue weighted by Gasteiger charge is -2.17. The molecule has 5 heteroatoms. The van der Waals surface area contributed by atoms with Gasteiger partial charge in [-0.3, -0.25) is 4.79 Å². The van der Waals surface area contributed by atoms with Gasteiger partial charge in [0.25, 0.3) is 0 Å². The van der Waals surface area contributed by atoms with Gasteiger partial charge in [0.2, 0.25) is 0 Å². The van der Waals surface area contributed by atoms with Gasteiger partial charge in [0.05, 0.1) is 7.11 Å². The molecule has 1 aromatic rings. The van der Waals surface area contributed by atoms with Crippen LogP contribution in [0.4, 0.5) is 0 Å². The first-order valence-corrected chi connectivity index (χ1v) is 6.60. The maximum Gasteiger partial charge on any atom is 0.320 e. The second-order valence-corrected chi connectivity index (χ2v) is 5.29. The third kappa shape index (κ3) is 5.09. The van der Waals surface area contributed by atoms with Crippen LogP contribution in [-0.4, -0.2) is 24.2 Å². The van der Waals surface area contributed by atoms with E-state index in [4.69, 9.17) is 21.4 Å². The van der Waals surface area contributed by atoms with E-state index in [1.165, 1.54) is 0 Å². The van der Waals surface area contributed by atoms with Crippen LogP contribution >= 0.6 is 11.6 Å². The molecule has 0 aliphatic heterocycles. The molecule has 0 bridgehead atoms. The molecule has 0 aliphatic rings. The Morgan fingerprint density at radius 1 is 1.47 bits per heavy atom. The second kappa shape index (κ2) is 7.36. The molecule has 0 amide bonds. The number of carboxylic acid groups (broad SMARTS) is 1. The van der Waals surface area contributed by atoms with Crippen LogP contribution in [0.5, 0.6) is 5.75 Å². The van der Waals surface area contributed by atoms with Crippen molar-refractivity contribution in [2.24, 2.45) is 5.92 Å². The van der Waals surface area contributed by atoms with Gasteiger partial charge >= 0.3 is 5.97 Å². The highest BCUT2D eigenvalue weighted by atomic mass is 35.5. The summed E-state index contributed by atoms with van der Waals surface area (Å²) in [6.07, 6.45) is 0.582. The van der Waals surface area contributed by atoms with E-state index in [1.807, 2.05) is 13.8 Å². The highest BCUT2D eigenvalue weighted by molar-refractivity contribution is 6.30. The van der Waals surface area contributed by atoms with Gasteiger partial charge in [-0.15, -0.1) is 0 Å². The molecule has 1 rings (SSSR count). The standard InChI is InChI=1S/C14H20ClNO3/c1-9(2)6-12(14(17)18)16-8-10-7-11(15)4-5-13(10)19-3/h4-5,7,9,12,16H,6,8H2,1-3H3,(H,17,18)/t12-/m1/s1. The molecule has 0 heterocycles. The van der Waals surface area contributed by atoms with Crippen LogP contribution in [-0.2, 0) is 11.3 Å². The fraction of sp³-hybridized carbons (Fsp3) is 0.500. The number of methoxy groups -OCH3 is 1. The molecule has 1 aromatic carbocycles. The predicted molar refractivity (Wildman–Crippen MR) is 75.7 cm³/mol. The number of nitrogens with one attached hydrogen (secondary N) is 1. The molecule has 0 aliphatic carbocycles. The van der Waals surface area contributed by atoms with E-state index >= 15 is 0 Å². The number of carboxylic acids is 1. The highest BCUT2D eigenvalue weighted by Crippen LogP contribution is 2.22. The van der Waals surface area contributed by atoms with Gasteiger partial charge in [0.1, 0.15) is 11.8 Å². The van der Waals surface area contributed by atoms with Crippen LogP contribution in [0.15, 0.2) is 18.2 Å². The predicted octanol–water partition coefficient (Wildman–Crippen LogP) is 2.94. The lowest BCUT2D eigenvalue weighted by atomic mass is 10.0. The van der Waals surface area contributed by atoms with Crippen molar-refractivity contribution >= 4 is 17.6 Å². The van der Waals surface area contributed by atoms with E-state index in [9.17, 15) is 4.79 Å². The van der Waals surface area contributed by atoms with Crippen LogP contribution in [0.1, 0.15) is 25.8 Å². The number of benzene rings is 1. The highest BCUT2D eigenvalue weighted by Gasteiger charge is 2.18. The van der Waals surface area contributed by atoms with Gasteiger partial charge in [-0.1, -0.05) is 25.4 Å². The Labute approximate surface area is 118 Å². The Kier molecular flexibility index (Phi) is 6.12. The van der Waals surface area contributed by atoms with E-state index in [1.54, 1.807) is 25.3 Å². The molecule has 1 atom stereocenters. The Bertz CT molecular complexity index is 435. The number of ether oxygens (including phenoxy) is 1. The lowest BCUT2D eigenvalue weighted by Crippen LogP contribution is -2.37. The Balaban J connectivity index is 2.73. The van der Waals surface area contributed by atoms with Crippen molar-refractivity contribution in [1.82, 2.24) is 5.32 Å². The molecule has 0 aromatic heterocycles. The van der Waals surface area contributed by atoms with E-state index in [0.29, 0.717) is 29.7 Å². The van der Waals surface area contributed by atoms with Gasteiger partial charge in [-0.05, 0) is 30.5 Å². The van der Waals surface area contributed by atoms with Crippen LogP contribution in [0, 0.1) is 5.92 Å². The summed E-state index contributed by atoms with van der Waals surface area (Å²) in [4.78, 5) is 11.2. The molecule has 0 unspecified atom stereocenters. The third-order valence-electron chi connectivity index (χ3n) is 2.79. The SMILES string of the molecule is COc1ccc(Cl)cc1CN[C@H](CC(C)C)C(=O)O. The van der Waals surface area contributed by atoms with Crippen LogP contribution in [0.25, 0.3) is 0 Å². The van der Waals surface area contributed by atoms with Crippen molar-refractivity contribution in [3.05, 3.63) is 28.8 Å². The second-order valence-electron chi connectivity index (χ2n) is 4.86. The van der Waals surface area contributed by atoms with E-state index in [2.05, 4.69) is 5.32 Å². The van der Waals surface area contributed by atoms with Crippen molar-refractivity contribution in [3.63, 3.8) is 0 Å². The van der Waals surface area contributed by atoms with Gasteiger partial charge in [-0.25, -0.2) is 0 Å². The molecule has 0 spiro atoms. The first kappa shape index (κ1) is 15.8. The maximum atomic E-state index is 11.2. The summed E-state index contributed by atoms with van der Waals surface area (Å²) in [5.41, 5.74) is 0.852. The van der Waals surface area contributed by atoms with Crippen LogP contribution in [0.3, 0.4) is 0 Å². The van der Waals surface area contributed by atoms with E-state index in [-0.39, 0.29) is 0 Å². The smallest absolute Gasteiger partial charge is 0.320 e. The van der Waals surface area contributed by atoms with Crippen molar-refractivity contribution in [2.45, 2.75) is 32.9 Å². The summed E-state index contributed by atoms with van der Waals surface area (Å²) in [7, 11) is 1.58. The zero-order valence-corrected chi connectivity index (χ0v) is 12.2. The number of aliphatic carboxylic acids is 1. The summed E-state index contributed by atoms with van der Waals surface area (Å²) in [6, 6.07) is 4.73. The summed E-state index contributed by atoms with van der Waals surface area (Å²) in [5, 5.41) is 12.8. The molecule has 19 heavy (non-hydrogen) atoms. The molecule has 0 fully saturated rings. The van der Waals surface area contributed by atoms with Crippen molar-refractivity contribution in [1.29, 1.82) is 0 Å². The zero-order valence-electron chi connectivity index (χ0n) is 11.4. The van der Waals surface area contributed by atoms with Crippen molar-refractivity contribution in [3.8, 4) is 5.75 Å². The maximum absolute atomic E-state index is 11.2. The zero-order chi connectivity index (χ0) is 14.4. The van der Waals surface area contributed by atoms with Gasteiger partial charge in [-0.2, -0.15) is 0 Å². The monoisotopic (exact) mass is 285 g/mol. The molecule has 0 saturated carbocycles. The summed E-state index contributed by atoms with van der Waals surface area (Å²) >= 11 is 5.94. The number of halogens is 1. The van der Waals surface area contributed by atoms with E-state index in [0.717, 1.165) is 5.56 Å². The Hall–Kier alpha value is -1.26. The third-order valence-corrected chi connectivity index (χ3v) is 3.02. The molecule has 0 radical (unpaired) electrons.